The van der Waals surface area contributed by atoms with Gasteiger partial charge in [-0.2, -0.15) is 0 Å². The zero-order valence-electron chi connectivity index (χ0n) is 16.1. The Morgan fingerprint density at radius 1 is 1.46 bits per heavy atom. The van der Waals surface area contributed by atoms with Crippen LogP contribution in [0.25, 0.3) is 0 Å². The molecule has 2 unspecified atom stereocenters. The lowest BCUT2D eigenvalue weighted by molar-refractivity contribution is 0.188. The van der Waals surface area contributed by atoms with Crippen molar-refractivity contribution in [3.05, 3.63) is 42.9 Å². The smallest absolute Gasteiger partial charge is 0.194 e. The lowest BCUT2D eigenvalue weighted by Crippen LogP contribution is -2.49. The third-order valence-electron chi connectivity index (χ3n) is 4.97. The molecule has 0 aromatic carbocycles. The van der Waals surface area contributed by atoms with Gasteiger partial charge in [-0.05, 0) is 30.4 Å². The molecular formula is C20H31N5O. The molecular weight excluding hydrogens is 326 g/mol. The lowest BCUT2D eigenvalue weighted by atomic mass is 9.93. The molecule has 6 heteroatoms. The Kier molecular flexibility index (Phi) is 6.36. The number of nitrogens with zero attached hydrogens (tertiary/aromatic N) is 4. The highest BCUT2D eigenvalue weighted by Gasteiger charge is 2.29. The maximum Gasteiger partial charge on any atom is 0.194 e. The molecule has 2 aromatic heterocycles. The predicted octanol–water partition coefficient (Wildman–Crippen LogP) is 3.20. The Bertz CT molecular complexity index is 662. The molecule has 1 saturated heterocycles. The van der Waals surface area contributed by atoms with Crippen molar-refractivity contribution in [1.82, 2.24) is 19.8 Å². The molecule has 0 spiro atoms. The first-order chi connectivity index (χ1) is 12.6. The van der Waals surface area contributed by atoms with Crippen molar-refractivity contribution in [2.45, 2.75) is 39.7 Å². The van der Waals surface area contributed by atoms with E-state index in [1.54, 1.807) is 6.26 Å². The Morgan fingerprint density at radius 2 is 2.35 bits per heavy atom. The summed E-state index contributed by atoms with van der Waals surface area (Å²) in [4.78, 5) is 11.5. The molecule has 1 N–H and O–H groups in total. The summed E-state index contributed by atoms with van der Waals surface area (Å²) in [6.07, 6.45) is 9.61. The average molecular weight is 358 g/mol. The Labute approximate surface area is 156 Å². The highest BCUT2D eigenvalue weighted by atomic mass is 16.3. The van der Waals surface area contributed by atoms with Gasteiger partial charge in [0.15, 0.2) is 5.96 Å². The number of furan rings is 1. The van der Waals surface area contributed by atoms with Crippen molar-refractivity contribution in [2.24, 2.45) is 16.8 Å². The van der Waals surface area contributed by atoms with Crippen LogP contribution in [0.2, 0.25) is 0 Å². The first-order valence-electron chi connectivity index (χ1n) is 9.66. The van der Waals surface area contributed by atoms with Crippen molar-refractivity contribution in [2.75, 3.05) is 26.2 Å². The van der Waals surface area contributed by atoms with Gasteiger partial charge in [0.05, 0.1) is 18.6 Å². The monoisotopic (exact) mass is 357 g/mol. The fourth-order valence-corrected chi connectivity index (χ4v) is 3.38. The second-order valence-corrected chi connectivity index (χ2v) is 7.60. The van der Waals surface area contributed by atoms with Crippen LogP contribution >= 0.6 is 0 Å². The molecule has 3 rings (SSSR count). The van der Waals surface area contributed by atoms with Crippen molar-refractivity contribution in [3.63, 3.8) is 0 Å². The molecule has 1 aliphatic heterocycles. The predicted molar refractivity (Wildman–Crippen MR) is 104 cm³/mol. The third kappa shape index (κ3) is 4.90. The van der Waals surface area contributed by atoms with E-state index < -0.39 is 0 Å². The van der Waals surface area contributed by atoms with E-state index in [0.717, 1.165) is 50.7 Å². The zero-order valence-corrected chi connectivity index (χ0v) is 16.1. The second-order valence-electron chi connectivity index (χ2n) is 7.60. The number of hydrogen-bond acceptors (Lipinski definition) is 3. The zero-order chi connectivity index (χ0) is 18.4. The minimum atomic E-state index is 0.433. The molecule has 1 fully saturated rings. The second kappa shape index (κ2) is 8.92. The molecule has 3 heterocycles. The van der Waals surface area contributed by atoms with Gasteiger partial charge in [-0.25, -0.2) is 4.98 Å². The molecule has 0 radical (unpaired) electrons. The summed E-state index contributed by atoms with van der Waals surface area (Å²) < 4.78 is 7.67. The molecule has 2 aromatic rings. The van der Waals surface area contributed by atoms with Crippen LogP contribution in [-0.2, 0) is 6.42 Å². The first-order valence-corrected chi connectivity index (χ1v) is 9.66. The van der Waals surface area contributed by atoms with Gasteiger partial charge in [-0.15, -0.1) is 0 Å². The van der Waals surface area contributed by atoms with E-state index in [1.807, 2.05) is 24.7 Å². The lowest BCUT2D eigenvalue weighted by Gasteiger charge is -2.39. The summed E-state index contributed by atoms with van der Waals surface area (Å²) >= 11 is 0. The average Bonchev–Trinajstić information content (AvgIpc) is 3.32. The number of likely N-dealkylation sites (tertiary alicyclic amines) is 1. The number of hydrogen-bond donors (Lipinski definition) is 1. The molecule has 142 valence electrons. The summed E-state index contributed by atoms with van der Waals surface area (Å²) in [5.74, 6) is 3.20. The molecule has 0 aliphatic carbocycles. The van der Waals surface area contributed by atoms with E-state index in [0.29, 0.717) is 17.9 Å². The summed E-state index contributed by atoms with van der Waals surface area (Å²) in [6.45, 7) is 10.4. The van der Waals surface area contributed by atoms with E-state index >= 15 is 0 Å². The number of nitrogens with one attached hydrogen (secondary N) is 1. The standard InChI is InChI=1S/C20H31N5O/c1-16(2)13-23-20(22-8-6-18-5-4-12-26-18)24-10-7-17(3)19(14-24)25-11-9-21-15-25/h4-5,9,11-12,15-17,19H,6-8,10,13-14H2,1-3H3,(H,22,23). The van der Waals surface area contributed by atoms with Crippen LogP contribution in [0.15, 0.2) is 46.5 Å². The minimum Gasteiger partial charge on any atom is -0.469 e. The van der Waals surface area contributed by atoms with Gasteiger partial charge in [0.1, 0.15) is 5.76 Å². The molecule has 26 heavy (non-hydrogen) atoms. The maximum atomic E-state index is 5.44. The van der Waals surface area contributed by atoms with Crippen LogP contribution in [0.3, 0.4) is 0 Å². The number of aliphatic imine (C=N–C) groups is 1. The van der Waals surface area contributed by atoms with E-state index in [-0.39, 0.29) is 0 Å². The topological polar surface area (TPSA) is 58.6 Å². The Balaban J connectivity index is 1.65. The van der Waals surface area contributed by atoms with E-state index in [2.05, 4.69) is 46.7 Å². The number of aromatic nitrogens is 2. The van der Waals surface area contributed by atoms with Crippen LogP contribution < -0.4 is 5.32 Å². The fraction of sp³-hybridized carbons (Fsp3) is 0.600. The van der Waals surface area contributed by atoms with Crippen LogP contribution in [-0.4, -0.2) is 46.6 Å². The molecule has 2 atom stereocenters. The van der Waals surface area contributed by atoms with Gasteiger partial charge in [-0.3, -0.25) is 4.99 Å². The van der Waals surface area contributed by atoms with Crippen molar-refractivity contribution >= 4 is 5.96 Å². The summed E-state index contributed by atoms with van der Waals surface area (Å²) in [6, 6.07) is 4.39. The normalized spacial score (nSPS) is 21.4. The van der Waals surface area contributed by atoms with Gasteiger partial charge >= 0.3 is 0 Å². The molecule has 0 bridgehead atoms. The van der Waals surface area contributed by atoms with E-state index in [9.17, 15) is 0 Å². The molecule has 6 nitrogen and oxygen atoms in total. The van der Waals surface area contributed by atoms with Gasteiger partial charge in [0.2, 0.25) is 0 Å². The van der Waals surface area contributed by atoms with Crippen molar-refractivity contribution < 1.29 is 4.42 Å². The van der Waals surface area contributed by atoms with Gasteiger partial charge in [0.25, 0.3) is 0 Å². The largest absolute Gasteiger partial charge is 0.469 e. The summed E-state index contributed by atoms with van der Waals surface area (Å²) in [5.41, 5.74) is 0. The van der Waals surface area contributed by atoms with Crippen LogP contribution in [0.5, 0.6) is 0 Å². The van der Waals surface area contributed by atoms with Crippen molar-refractivity contribution in [1.29, 1.82) is 0 Å². The third-order valence-corrected chi connectivity index (χ3v) is 4.97. The number of imidazole rings is 1. The van der Waals surface area contributed by atoms with Gasteiger partial charge in [-0.1, -0.05) is 20.8 Å². The highest BCUT2D eigenvalue weighted by molar-refractivity contribution is 5.80. The van der Waals surface area contributed by atoms with E-state index in [1.165, 1.54) is 0 Å². The number of piperidine rings is 1. The minimum absolute atomic E-state index is 0.433. The van der Waals surface area contributed by atoms with Crippen LogP contribution in [0, 0.1) is 11.8 Å². The summed E-state index contributed by atoms with van der Waals surface area (Å²) in [5, 5.41) is 3.55. The SMILES string of the molecule is CC(C)CN=C(NCCc1ccco1)N1CCC(C)C(n2ccnc2)C1. The Hall–Kier alpha value is -2.24. The highest BCUT2D eigenvalue weighted by Crippen LogP contribution is 2.27. The van der Waals surface area contributed by atoms with Gasteiger partial charge < -0.3 is 19.2 Å². The van der Waals surface area contributed by atoms with Gasteiger partial charge in [0, 0.05) is 45.0 Å². The van der Waals surface area contributed by atoms with Crippen LogP contribution in [0.4, 0.5) is 0 Å². The fourth-order valence-electron chi connectivity index (χ4n) is 3.38. The maximum absolute atomic E-state index is 5.44. The quantitative estimate of drug-likeness (QED) is 0.637. The molecule has 0 saturated carbocycles. The number of guanidine groups is 1. The van der Waals surface area contributed by atoms with Crippen LogP contribution in [0.1, 0.15) is 39.0 Å². The first kappa shape index (κ1) is 18.5. The molecule has 1 aliphatic rings. The van der Waals surface area contributed by atoms with E-state index in [4.69, 9.17) is 9.41 Å². The van der Waals surface area contributed by atoms with Crippen molar-refractivity contribution in [3.8, 4) is 0 Å². The summed E-state index contributed by atoms with van der Waals surface area (Å²) in [7, 11) is 0. The number of rotatable bonds is 6. The Morgan fingerprint density at radius 3 is 3.04 bits per heavy atom. The molecule has 0 amide bonds.